The Morgan fingerprint density at radius 3 is 1.26 bits per heavy atom. The Kier molecular flexibility index (Phi) is 25.9. The van der Waals surface area contributed by atoms with E-state index in [4.69, 9.17) is 14.2 Å². The second-order valence-corrected chi connectivity index (χ2v) is 26.4. The molecule has 3 N–H and O–H groups in total. The Morgan fingerprint density at radius 2 is 0.939 bits per heavy atom. The SMILES string of the molecule is CCOC(=O)C[C@H](NC(=O)C(CC(C)C)n1cc(CCN2CCC2)c(C(F)(F)F)cc1=O)c1cc(-c2c(C)ccc(OC)c2C)cc(C)c1F.COc1ccc(C)c(-c2cc(C)c(F)c([C@H](CC(=O)O)NC(=O)C(CC(C)C)n3cc(CCN4CCC4)c(C(F)(F)F)cc3=O)c2)c1C. The second kappa shape index (κ2) is 33.0. The molecular weight excluding hydrogens is 1280 g/mol. The smallest absolute Gasteiger partial charge is 0.416 e. The van der Waals surface area contributed by atoms with Gasteiger partial charge >= 0.3 is 24.3 Å². The third-order valence-corrected chi connectivity index (χ3v) is 18.2. The Morgan fingerprint density at radius 1 is 0.561 bits per heavy atom. The number of esters is 1. The minimum Gasteiger partial charge on any atom is -0.496 e. The molecule has 6 aromatic rings. The van der Waals surface area contributed by atoms with E-state index in [0.29, 0.717) is 47.8 Å². The Labute approximate surface area is 566 Å². The van der Waals surface area contributed by atoms with Crippen molar-refractivity contribution >= 4 is 23.8 Å². The van der Waals surface area contributed by atoms with Crippen molar-refractivity contribution in [1.29, 1.82) is 0 Å². The number of likely N-dealkylation sites (tertiary alicyclic amines) is 2. The quantitative estimate of drug-likeness (QED) is 0.0327. The standard InChI is InChI=1S/C38H47F4N3O5.C36H43F4N3O5/c1-8-50-34(47)20-30(28-18-27(17-24(5)36(28)39)35-23(4)10-11-32(49-7)25(35)6)43-37(48)31(16-22(2)3)45-21-26(12-15-44-13-9-14-44)29(19-33(45)46)38(40,41)42;1-20(2)14-29(43-19-24(10-13-42-11-7-12-42)27(17-31(43)44)36(38,39)40)35(47)41-28(18-32(45)46)26-16-25(15-22(4)34(26)37)33-21(3)8-9-30(48-6)23(33)5/h10-11,17-19,21-22,30-31H,8-9,12-16,20H2,1-7H3,(H,43,48);8-9,15-17,19-20,28-29H,7,10-14,18H2,1-6H3,(H,41,47)(H,45,46)/t30-,31?;28-,29?/m00/s1. The molecule has 2 aliphatic rings. The summed E-state index contributed by atoms with van der Waals surface area (Å²) in [5, 5.41) is 15.3. The zero-order chi connectivity index (χ0) is 72.4. The van der Waals surface area contributed by atoms with Gasteiger partial charge in [0.2, 0.25) is 11.8 Å². The predicted molar refractivity (Wildman–Crippen MR) is 358 cm³/mol. The molecule has 98 heavy (non-hydrogen) atoms. The molecule has 2 saturated heterocycles. The molecule has 4 heterocycles. The first-order chi connectivity index (χ1) is 46.1. The van der Waals surface area contributed by atoms with Crippen molar-refractivity contribution in [3.05, 3.63) is 172 Å². The summed E-state index contributed by atoms with van der Waals surface area (Å²) in [5.74, 6) is -3.97. The van der Waals surface area contributed by atoms with Crippen LogP contribution in [0.2, 0.25) is 0 Å². The number of hydrogen-bond acceptors (Lipinski definition) is 11. The molecule has 2 aromatic heterocycles. The van der Waals surface area contributed by atoms with Gasteiger partial charge in [-0.15, -0.1) is 0 Å². The summed E-state index contributed by atoms with van der Waals surface area (Å²) in [6.07, 6.45) is -6.26. The number of nitrogens with one attached hydrogen (secondary N) is 2. The van der Waals surface area contributed by atoms with E-state index in [-0.39, 0.29) is 77.5 Å². The fourth-order valence-electron chi connectivity index (χ4n) is 12.9. The van der Waals surface area contributed by atoms with Gasteiger partial charge in [0.15, 0.2) is 0 Å². The van der Waals surface area contributed by atoms with Crippen LogP contribution < -0.4 is 31.2 Å². The number of carbonyl (C=O) groups excluding carboxylic acids is 3. The highest BCUT2D eigenvalue weighted by Gasteiger charge is 2.39. The zero-order valence-electron chi connectivity index (χ0n) is 57.9. The van der Waals surface area contributed by atoms with Crippen LogP contribution in [0.15, 0.2) is 82.6 Å². The van der Waals surface area contributed by atoms with Gasteiger partial charge in [-0.05, 0) is 228 Å². The number of rotatable bonds is 27. The molecule has 16 nitrogen and oxygen atoms in total. The van der Waals surface area contributed by atoms with Crippen molar-refractivity contribution in [1.82, 2.24) is 29.6 Å². The topological polar surface area (TPSA) is 191 Å². The Balaban J connectivity index is 0.000000276. The van der Waals surface area contributed by atoms with Crippen LogP contribution in [0.1, 0.15) is 164 Å². The molecule has 24 heteroatoms. The first kappa shape index (κ1) is 77.0. The lowest BCUT2D eigenvalue weighted by Crippen LogP contribution is -2.41. The molecule has 4 aromatic carbocycles. The minimum absolute atomic E-state index is 0.0210. The van der Waals surface area contributed by atoms with Crippen LogP contribution in [0.5, 0.6) is 11.5 Å². The molecule has 0 radical (unpaired) electrons. The lowest BCUT2D eigenvalue weighted by atomic mass is 9.90. The highest BCUT2D eigenvalue weighted by Crippen LogP contribution is 2.40. The maximum atomic E-state index is 16.1. The number of carboxylic acid groups (broad SMARTS) is 1. The number of carboxylic acids is 1. The first-order valence-corrected chi connectivity index (χ1v) is 33.0. The summed E-state index contributed by atoms with van der Waals surface area (Å²) < 4.78 is 134. The number of hydrogen-bond donors (Lipinski definition) is 3. The van der Waals surface area contributed by atoms with Crippen LogP contribution >= 0.6 is 0 Å². The van der Waals surface area contributed by atoms with Crippen molar-refractivity contribution < 1.29 is 73.6 Å². The number of nitrogens with zero attached hydrogens (tertiary/aromatic N) is 4. The van der Waals surface area contributed by atoms with Crippen molar-refractivity contribution in [2.24, 2.45) is 11.8 Å². The van der Waals surface area contributed by atoms with Crippen molar-refractivity contribution in [2.45, 2.75) is 164 Å². The average molecular weight is 1380 g/mol. The molecule has 0 bridgehead atoms. The van der Waals surface area contributed by atoms with Gasteiger partial charge in [0.1, 0.15) is 35.2 Å². The number of alkyl halides is 6. The van der Waals surface area contributed by atoms with Gasteiger partial charge in [-0.2, -0.15) is 26.3 Å². The minimum atomic E-state index is -4.77. The number of aliphatic carboxylic acids is 1. The van der Waals surface area contributed by atoms with E-state index in [0.717, 1.165) is 93.9 Å². The van der Waals surface area contributed by atoms with Gasteiger partial charge in [-0.25, -0.2) is 8.78 Å². The average Bonchev–Trinajstić information content (AvgIpc) is 0.798. The van der Waals surface area contributed by atoms with Gasteiger partial charge in [0.25, 0.3) is 11.1 Å². The highest BCUT2D eigenvalue weighted by atomic mass is 19.4. The zero-order valence-corrected chi connectivity index (χ0v) is 57.9. The molecule has 8 rings (SSSR count). The van der Waals surface area contributed by atoms with Crippen LogP contribution in [-0.2, 0) is 49.1 Å². The van der Waals surface area contributed by atoms with E-state index in [1.54, 1.807) is 53.0 Å². The molecule has 2 fully saturated rings. The second-order valence-electron chi connectivity index (χ2n) is 26.4. The summed E-state index contributed by atoms with van der Waals surface area (Å²) in [7, 11) is 3.09. The van der Waals surface area contributed by atoms with E-state index in [2.05, 4.69) is 10.6 Å². The van der Waals surface area contributed by atoms with Gasteiger partial charge in [-0.3, -0.25) is 28.8 Å². The predicted octanol–water partition coefficient (Wildman–Crippen LogP) is 14.0. The van der Waals surface area contributed by atoms with Gasteiger partial charge in [0, 0.05) is 48.7 Å². The number of carbonyl (C=O) groups is 4. The van der Waals surface area contributed by atoms with Crippen LogP contribution in [-0.4, -0.2) is 108 Å². The number of benzene rings is 4. The molecular formula is C74H90F8N6O10. The lowest BCUT2D eigenvalue weighted by molar-refractivity contribution is -0.144. The van der Waals surface area contributed by atoms with Crippen LogP contribution in [0.3, 0.4) is 0 Å². The fourth-order valence-corrected chi connectivity index (χ4v) is 12.9. The molecule has 0 spiro atoms. The third kappa shape index (κ3) is 18.9. The van der Waals surface area contributed by atoms with E-state index in [1.165, 1.54) is 20.1 Å². The number of amides is 2. The molecule has 2 unspecified atom stereocenters. The number of methoxy groups -OCH3 is 2. The van der Waals surface area contributed by atoms with Gasteiger partial charge < -0.3 is 48.9 Å². The Bertz CT molecular complexity index is 4000. The van der Waals surface area contributed by atoms with Crippen molar-refractivity contribution in [3.63, 3.8) is 0 Å². The first-order valence-electron chi connectivity index (χ1n) is 33.0. The molecule has 0 saturated carbocycles. The van der Waals surface area contributed by atoms with Crippen LogP contribution in [0.25, 0.3) is 22.3 Å². The summed E-state index contributed by atoms with van der Waals surface area (Å²) in [5.41, 5.74) is 2.34. The summed E-state index contributed by atoms with van der Waals surface area (Å²) in [6.45, 7) is 23.4. The normalized spacial score (nSPS) is 14.7. The fraction of sp³-hybridized carbons (Fsp3) is 0.486. The van der Waals surface area contributed by atoms with E-state index < -0.39 is 107 Å². The van der Waals surface area contributed by atoms with Crippen LogP contribution in [0.4, 0.5) is 35.1 Å². The van der Waals surface area contributed by atoms with Crippen molar-refractivity contribution in [2.75, 3.05) is 60.1 Å². The molecule has 4 atom stereocenters. The molecule has 2 amide bonds. The number of pyridine rings is 2. The van der Waals surface area contributed by atoms with E-state index >= 15 is 8.78 Å². The van der Waals surface area contributed by atoms with Crippen molar-refractivity contribution in [3.8, 4) is 33.8 Å². The molecule has 0 aliphatic carbocycles. The summed E-state index contributed by atoms with van der Waals surface area (Å²) in [4.78, 5) is 83.8. The number of ether oxygens (including phenoxy) is 3. The van der Waals surface area contributed by atoms with E-state index in [1.807, 2.05) is 75.6 Å². The van der Waals surface area contributed by atoms with Gasteiger partial charge in [0.05, 0.1) is 56.9 Å². The van der Waals surface area contributed by atoms with Gasteiger partial charge in [-0.1, -0.05) is 39.8 Å². The summed E-state index contributed by atoms with van der Waals surface area (Å²) >= 11 is 0. The maximum absolute atomic E-state index is 16.1. The highest BCUT2D eigenvalue weighted by molar-refractivity contribution is 5.84. The number of aryl methyl sites for hydroxylation is 4. The molecule has 532 valence electrons. The number of aromatic nitrogens is 2. The monoisotopic (exact) mass is 1370 g/mol. The third-order valence-electron chi connectivity index (χ3n) is 18.2. The van der Waals surface area contributed by atoms with Crippen LogP contribution in [0, 0.1) is 65.0 Å². The number of halogens is 8. The lowest BCUT2D eigenvalue weighted by Gasteiger charge is -2.31. The largest absolute Gasteiger partial charge is 0.496 e. The molecule has 2 aliphatic heterocycles. The summed E-state index contributed by atoms with van der Waals surface area (Å²) in [6, 6.07) is 9.75. The van der Waals surface area contributed by atoms with E-state index in [9.17, 15) is 60.2 Å². The maximum Gasteiger partial charge on any atom is 0.416 e. The Hall–Kier alpha value is -8.38.